The summed E-state index contributed by atoms with van der Waals surface area (Å²) in [5.74, 6) is -3.73. The zero-order valence-electron chi connectivity index (χ0n) is 13.1. The van der Waals surface area contributed by atoms with Crippen molar-refractivity contribution in [2.75, 3.05) is 4.72 Å². The van der Waals surface area contributed by atoms with E-state index < -0.39 is 27.5 Å². The summed E-state index contributed by atoms with van der Waals surface area (Å²) in [6, 6.07) is 7.72. The Bertz CT molecular complexity index is 1040. The molecule has 27 heavy (non-hydrogen) atoms. The van der Waals surface area contributed by atoms with E-state index in [1.807, 2.05) is 0 Å². The summed E-state index contributed by atoms with van der Waals surface area (Å²) >= 11 is 17.6. The number of carbonyl (C=O) groups is 2. The number of carbonyl (C=O) groups excluding carboxylic acids is 1. The van der Waals surface area contributed by atoms with Gasteiger partial charge in [0.1, 0.15) is 10.7 Å². The maximum absolute atomic E-state index is 12.6. The fourth-order valence-electron chi connectivity index (χ4n) is 2.00. The standard InChI is InChI=1S/C16H10Cl3NO6S/c17-9-5-11(18)15(12(19)6-9)27(25,26)20-10-3-1-2-8(4-10)13(21)7-14(22)16(23)24/h1-7,20-21H,(H,23,24). The van der Waals surface area contributed by atoms with E-state index in [4.69, 9.17) is 39.9 Å². The molecule has 0 amide bonds. The number of carboxylic acids is 1. The number of hydrogen-bond donors (Lipinski definition) is 3. The number of hydrogen-bond acceptors (Lipinski definition) is 5. The molecular weight excluding hydrogens is 441 g/mol. The number of aliphatic hydroxyl groups is 1. The molecule has 0 aromatic heterocycles. The van der Waals surface area contributed by atoms with Crippen molar-refractivity contribution in [3.8, 4) is 0 Å². The lowest BCUT2D eigenvalue weighted by Gasteiger charge is -2.12. The molecule has 0 atom stereocenters. The molecule has 2 rings (SSSR count). The summed E-state index contributed by atoms with van der Waals surface area (Å²) in [6.45, 7) is 0. The molecular formula is C16H10Cl3NO6S. The SMILES string of the molecule is O=C(O)C(=O)C=C(O)c1cccc(NS(=O)(=O)c2c(Cl)cc(Cl)cc2Cl)c1. The molecule has 0 heterocycles. The lowest BCUT2D eigenvalue weighted by molar-refractivity contribution is -0.146. The van der Waals surface area contributed by atoms with Crippen LogP contribution in [0.4, 0.5) is 5.69 Å². The number of benzene rings is 2. The second-order valence-corrected chi connectivity index (χ2v) is 7.95. The van der Waals surface area contributed by atoms with Crippen LogP contribution >= 0.6 is 34.8 Å². The number of halogens is 3. The number of anilines is 1. The van der Waals surface area contributed by atoms with Crippen molar-refractivity contribution in [3.63, 3.8) is 0 Å². The van der Waals surface area contributed by atoms with Crippen molar-refractivity contribution < 1.29 is 28.2 Å². The average Bonchev–Trinajstić information content (AvgIpc) is 2.52. The van der Waals surface area contributed by atoms with Crippen LogP contribution in [0, 0.1) is 0 Å². The Balaban J connectivity index is 2.39. The van der Waals surface area contributed by atoms with E-state index in [9.17, 15) is 23.1 Å². The van der Waals surface area contributed by atoms with E-state index in [0.717, 1.165) is 0 Å². The van der Waals surface area contributed by atoms with E-state index in [2.05, 4.69) is 4.72 Å². The Hall–Kier alpha value is -2.26. The van der Waals surface area contributed by atoms with Gasteiger partial charge in [0.25, 0.3) is 15.8 Å². The first kappa shape index (κ1) is 21.0. The second kappa shape index (κ2) is 8.18. The highest BCUT2D eigenvalue weighted by atomic mass is 35.5. The minimum atomic E-state index is -4.21. The van der Waals surface area contributed by atoms with Gasteiger partial charge >= 0.3 is 5.97 Å². The fraction of sp³-hybridized carbons (Fsp3) is 0. The van der Waals surface area contributed by atoms with E-state index in [-0.39, 0.29) is 31.2 Å². The Morgan fingerprint density at radius 3 is 2.15 bits per heavy atom. The van der Waals surface area contributed by atoms with Crippen LogP contribution in [0.5, 0.6) is 0 Å². The molecule has 0 unspecified atom stereocenters. The molecule has 11 heteroatoms. The topological polar surface area (TPSA) is 121 Å². The lowest BCUT2D eigenvalue weighted by Crippen LogP contribution is -2.14. The maximum Gasteiger partial charge on any atom is 0.376 e. The molecule has 142 valence electrons. The van der Waals surface area contributed by atoms with Gasteiger partial charge in [-0.1, -0.05) is 46.9 Å². The third kappa shape index (κ3) is 5.14. The smallest absolute Gasteiger partial charge is 0.376 e. The van der Waals surface area contributed by atoms with Crippen LogP contribution in [0.15, 0.2) is 47.4 Å². The highest BCUT2D eigenvalue weighted by molar-refractivity contribution is 7.93. The Morgan fingerprint density at radius 2 is 1.59 bits per heavy atom. The molecule has 0 aliphatic carbocycles. The van der Waals surface area contributed by atoms with Gasteiger partial charge in [-0.2, -0.15) is 0 Å². The largest absolute Gasteiger partial charge is 0.507 e. The molecule has 2 aromatic carbocycles. The van der Waals surface area contributed by atoms with Gasteiger partial charge in [0.05, 0.1) is 10.0 Å². The number of aliphatic carboxylic acids is 1. The first-order chi connectivity index (χ1) is 12.5. The summed E-state index contributed by atoms with van der Waals surface area (Å²) in [5.41, 5.74) is 0.0235. The van der Waals surface area contributed by atoms with Gasteiger partial charge in [-0.3, -0.25) is 9.52 Å². The Morgan fingerprint density at radius 1 is 1.00 bits per heavy atom. The minimum absolute atomic E-state index is 0.0114. The third-order valence-electron chi connectivity index (χ3n) is 3.12. The molecule has 0 bridgehead atoms. The summed E-state index contributed by atoms with van der Waals surface area (Å²) in [6.07, 6.45) is 0.503. The van der Waals surface area contributed by atoms with Crippen molar-refractivity contribution >= 4 is 68.0 Å². The summed E-state index contributed by atoms with van der Waals surface area (Å²) in [5, 5.41) is 18.2. The van der Waals surface area contributed by atoms with Gasteiger partial charge in [-0.05, 0) is 24.3 Å². The van der Waals surface area contributed by atoms with Gasteiger partial charge < -0.3 is 10.2 Å². The average molecular weight is 451 g/mol. The van der Waals surface area contributed by atoms with Gasteiger partial charge in [0.2, 0.25) is 0 Å². The van der Waals surface area contributed by atoms with Crippen LogP contribution in [0.2, 0.25) is 15.1 Å². The lowest BCUT2D eigenvalue weighted by atomic mass is 10.1. The van der Waals surface area contributed by atoms with Gasteiger partial charge in [0.15, 0.2) is 0 Å². The number of carboxylic acid groups (broad SMARTS) is 1. The molecule has 0 saturated heterocycles. The zero-order valence-corrected chi connectivity index (χ0v) is 16.2. The molecule has 0 aliphatic heterocycles. The summed E-state index contributed by atoms with van der Waals surface area (Å²) < 4.78 is 27.4. The van der Waals surface area contributed by atoms with Crippen LogP contribution in [-0.4, -0.2) is 30.4 Å². The number of rotatable bonds is 6. The number of sulfonamides is 1. The van der Waals surface area contributed by atoms with Gasteiger partial charge in [-0.15, -0.1) is 0 Å². The second-order valence-electron chi connectivity index (χ2n) is 5.08. The predicted octanol–water partition coefficient (Wildman–Crippen LogP) is 4.00. The molecule has 0 fully saturated rings. The summed E-state index contributed by atoms with van der Waals surface area (Å²) in [7, 11) is -4.21. The van der Waals surface area contributed by atoms with Crippen molar-refractivity contribution in [1.82, 2.24) is 0 Å². The number of aliphatic hydroxyl groups excluding tert-OH is 1. The maximum atomic E-state index is 12.6. The minimum Gasteiger partial charge on any atom is -0.507 e. The Kier molecular flexibility index (Phi) is 6.38. The molecule has 0 aliphatic rings. The Labute approximate surface area is 168 Å². The van der Waals surface area contributed by atoms with Crippen molar-refractivity contribution in [1.29, 1.82) is 0 Å². The van der Waals surface area contributed by atoms with Crippen molar-refractivity contribution in [2.24, 2.45) is 0 Å². The molecule has 3 N–H and O–H groups in total. The molecule has 0 spiro atoms. The zero-order chi connectivity index (χ0) is 20.4. The van der Waals surface area contributed by atoms with Crippen molar-refractivity contribution in [3.05, 3.63) is 63.1 Å². The van der Waals surface area contributed by atoms with Crippen LogP contribution < -0.4 is 4.72 Å². The van der Waals surface area contributed by atoms with Crippen LogP contribution in [0.1, 0.15) is 5.56 Å². The van der Waals surface area contributed by atoms with Crippen molar-refractivity contribution in [2.45, 2.75) is 4.90 Å². The van der Waals surface area contributed by atoms with Crippen LogP contribution in [0.3, 0.4) is 0 Å². The predicted molar refractivity (Wildman–Crippen MR) is 102 cm³/mol. The van der Waals surface area contributed by atoms with Crippen LogP contribution in [0.25, 0.3) is 5.76 Å². The quantitative estimate of drug-likeness (QED) is 0.347. The number of ketones is 1. The van der Waals surface area contributed by atoms with E-state index in [1.54, 1.807) is 0 Å². The van der Waals surface area contributed by atoms with Crippen LogP contribution in [-0.2, 0) is 19.6 Å². The fourth-order valence-corrected chi connectivity index (χ4v) is 4.60. The monoisotopic (exact) mass is 449 g/mol. The third-order valence-corrected chi connectivity index (χ3v) is 5.64. The highest BCUT2D eigenvalue weighted by Gasteiger charge is 2.23. The molecule has 7 nitrogen and oxygen atoms in total. The first-order valence-corrected chi connectivity index (χ1v) is 9.58. The molecule has 2 aromatic rings. The van der Waals surface area contributed by atoms with E-state index in [0.29, 0.717) is 6.08 Å². The highest BCUT2D eigenvalue weighted by Crippen LogP contribution is 2.34. The van der Waals surface area contributed by atoms with Gasteiger partial charge in [0, 0.05) is 22.3 Å². The van der Waals surface area contributed by atoms with Gasteiger partial charge in [-0.25, -0.2) is 13.2 Å². The van der Waals surface area contributed by atoms with E-state index in [1.165, 1.54) is 36.4 Å². The first-order valence-electron chi connectivity index (χ1n) is 6.97. The molecule has 0 radical (unpaired) electrons. The summed E-state index contributed by atoms with van der Waals surface area (Å²) in [4.78, 5) is 21.3. The normalized spacial score (nSPS) is 11.9. The van der Waals surface area contributed by atoms with E-state index >= 15 is 0 Å². The number of nitrogens with one attached hydrogen (secondary N) is 1. The molecule has 0 saturated carbocycles.